The van der Waals surface area contributed by atoms with Gasteiger partial charge in [0.25, 0.3) is 5.91 Å². The molecule has 0 spiro atoms. The van der Waals surface area contributed by atoms with Crippen LogP contribution in [-0.4, -0.2) is 32.0 Å². The number of benzene rings is 2. The van der Waals surface area contributed by atoms with Gasteiger partial charge in [0.2, 0.25) is 5.91 Å². The van der Waals surface area contributed by atoms with Crippen LogP contribution in [0.25, 0.3) is 0 Å². The summed E-state index contributed by atoms with van der Waals surface area (Å²) in [6, 6.07) is 10.8. The molecule has 0 heterocycles. The second-order valence-corrected chi connectivity index (χ2v) is 5.70. The maximum Gasteiger partial charge on any atom is 0.416 e. The van der Waals surface area contributed by atoms with Crippen molar-refractivity contribution < 1.29 is 27.5 Å². The Balaban J connectivity index is 1.98. The lowest BCUT2D eigenvalue weighted by atomic mass is 10.2. The SMILES string of the molecule is COc1ccc(C(=O)NCCN(C(C)=O)c2ccc(C(F)(F)F)cc2)cc1. The first kappa shape index (κ1) is 20.3. The van der Waals surface area contributed by atoms with Gasteiger partial charge in [0, 0.05) is 31.3 Å². The van der Waals surface area contributed by atoms with Crippen molar-refractivity contribution in [2.24, 2.45) is 0 Å². The van der Waals surface area contributed by atoms with Gasteiger partial charge in [-0.15, -0.1) is 0 Å². The molecular weight excluding hydrogens is 361 g/mol. The number of methoxy groups -OCH3 is 1. The number of nitrogens with zero attached hydrogens (tertiary/aromatic N) is 1. The van der Waals surface area contributed by atoms with Gasteiger partial charge in [-0.05, 0) is 48.5 Å². The summed E-state index contributed by atoms with van der Waals surface area (Å²) in [6.07, 6.45) is -4.44. The molecule has 144 valence electrons. The number of nitrogens with one attached hydrogen (secondary N) is 1. The number of anilines is 1. The van der Waals surface area contributed by atoms with Crippen molar-refractivity contribution in [3.63, 3.8) is 0 Å². The summed E-state index contributed by atoms with van der Waals surface area (Å²) in [7, 11) is 1.52. The molecule has 27 heavy (non-hydrogen) atoms. The van der Waals surface area contributed by atoms with Gasteiger partial charge in [-0.1, -0.05) is 0 Å². The summed E-state index contributed by atoms with van der Waals surface area (Å²) in [5, 5.41) is 2.67. The zero-order valence-electron chi connectivity index (χ0n) is 14.8. The molecule has 0 fully saturated rings. The van der Waals surface area contributed by atoms with E-state index in [4.69, 9.17) is 4.74 Å². The van der Waals surface area contributed by atoms with Gasteiger partial charge >= 0.3 is 6.18 Å². The van der Waals surface area contributed by atoms with E-state index in [1.54, 1.807) is 24.3 Å². The highest BCUT2D eigenvalue weighted by Gasteiger charge is 2.30. The molecule has 2 amide bonds. The quantitative estimate of drug-likeness (QED) is 0.835. The first-order chi connectivity index (χ1) is 12.7. The molecule has 0 aromatic heterocycles. The molecule has 0 aliphatic carbocycles. The number of amides is 2. The van der Waals surface area contributed by atoms with Crippen molar-refractivity contribution >= 4 is 17.5 Å². The molecule has 0 atom stereocenters. The van der Waals surface area contributed by atoms with Crippen LogP contribution < -0.4 is 15.0 Å². The monoisotopic (exact) mass is 380 g/mol. The second-order valence-electron chi connectivity index (χ2n) is 5.70. The van der Waals surface area contributed by atoms with E-state index in [0.717, 1.165) is 12.1 Å². The zero-order valence-corrected chi connectivity index (χ0v) is 14.8. The lowest BCUT2D eigenvalue weighted by Gasteiger charge is -2.22. The highest BCUT2D eigenvalue weighted by molar-refractivity contribution is 5.94. The first-order valence-corrected chi connectivity index (χ1v) is 8.10. The van der Waals surface area contributed by atoms with Crippen LogP contribution >= 0.6 is 0 Å². The number of carbonyl (C=O) groups excluding carboxylic acids is 2. The Morgan fingerprint density at radius 2 is 1.63 bits per heavy atom. The molecule has 0 saturated heterocycles. The summed E-state index contributed by atoms with van der Waals surface area (Å²) in [5.74, 6) is -0.0429. The number of ether oxygens (including phenoxy) is 1. The van der Waals surface area contributed by atoms with Gasteiger partial charge in [-0.25, -0.2) is 0 Å². The van der Waals surface area contributed by atoms with Crippen LogP contribution in [0.3, 0.4) is 0 Å². The molecule has 2 rings (SSSR count). The van der Waals surface area contributed by atoms with Crippen molar-refractivity contribution in [1.29, 1.82) is 0 Å². The molecule has 0 unspecified atom stereocenters. The van der Waals surface area contributed by atoms with Crippen LogP contribution in [0, 0.1) is 0 Å². The van der Waals surface area contributed by atoms with Gasteiger partial charge in [-0.2, -0.15) is 13.2 Å². The number of hydrogen-bond donors (Lipinski definition) is 1. The fourth-order valence-corrected chi connectivity index (χ4v) is 2.42. The molecule has 0 radical (unpaired) electrons. The molecule has 0 bridgehead atoms. The third-order valence-corrected chi connectivity index (χ3v) is 3.86. The minimum absolute atomic E-state index is 0.128. The minimum Gasteiger partial charge on any atom is -0.497 e. The van der Waals surface area contributed by atoms with Crippen LogP contribution in [-0.2, 0) is 11.0 Å². The van der Waals surface area contributed by atoms with Crippen LogP contribution in [0.5, 0.6) is 5.75 Å². The number of carbonyl (C=O) groups is 2. The van der Waals surface area contributed by atoms with E-state index in [0.29, 0.717) is 17.0 Å². The van der Waals surface area contributed by atoms with Crippen molar-refractivity contribution in [1.82, 2.24) is 5.32 Å². The molecule has 0 aliphatic rings. The predicted molar refractivity (Wildman–Crippen MR) is 94.8 cm³/mol. The van der Waals surface area contributed by atoms with Crippen molar-refractivity contribution in [2.75, 3.05) is 25.1 Å². The van der Waals surface area contributed by atoms with E-state index in [-0.39, 0.29) is 24.9 Å². The maximum absolute atomic E-state index is 12.6. The molecule has 1 N–H and O–H groups in total. The lowest BCUT2D eigenvalue weighted by Crippen LogP contribution is -2.37. The van der Waals surface area contributed by atoms with Gasteiger partial charge in [0.05, 0.1) is 12.7 Å². The van der Waals surface area contributed by atoms with E-state index >= 15 is 0 Å². The number of rotatable bonds is 6. The molecule has 0 saturated carbocycles. The number of alkyl halides is 3. The largest absolute Gasteiger partial charge is 0.497 e. The minimum atomic E-state index is -4.44. The van der Waals surface area contributed by atoms with Gasteiger partial charge < -0.3 is 15.0 Å². The molecular formula is C19H19F3N2O3. The normalized spacial score (nSPS) is 11.0. The fraction of sp³-hybridized carbons (Fsp3) is 0.263. The van der Waals surface area contributed by atoms with Crippen molar-refractivity contribution in [2.45, 2.75) is 13.1 Å². The van der Waals surface area contributed by atoms with Crippen LogP contribution in [0.4, 0.5) is 18.9 Å². The van der Waals surface area contributed by atoms with Crippen LogP contribution in [0.1, 0.15) is 22.8 Å². The molecule has 0 aliphatic heterocycles. The van der Waals surface area contributed by atoms with Gasteiger partial charge in [0.1, 0.15) is 5.75 Å². The highest BCUT2D eigenvalue weighted by atomic mass is 19.4. The third kappa shape index (κ3) is 5.47. The summed E-state index contributed by atoms with van der Waals surface area (Å²) >= 11 is 0. The molecule has 8 heteroatoms. The Bertz CT molecular complexity index is 787. The first-order valence-electron chi connectivity index (χ1n) is 8.10. The highest BCUT2D eigenvalue weighted by Crippen LogP contribution is 2.30. The molecule has 2 aromatic rings. The lowest BCUT2D eigenvalue weighted by molar-refractivity contribution is -0.137. The van der Waals surface area contributed by atoms with Gasteiger partial charge in [-0.3, -0.25) is 9.59 Å². The molecule has 5 nitrogen and oxygen atoms in total. The van der Waals surface area contributed by atoms with Crippen molar-refractivity contribution in [3.8, 4) is 5.75 Å². The maximum atomic E-state index is 12.6. The average molecular weight is 380 g/mol. The Morgan fingerprint density at radius 1 is 1.04 bits per heavy atom. The van der Waals surface area contributed by atoms with Gasteiger partial charge in [0.15, 0.2) is 0 Å². The van der Waals surface area contributed by atoms with E-state index in [2.05, 4.69) is 5.32 Å². The van der Waals surface area contributed by atoms with E-state index in [1.165, 1.54) is 31.1 Å². The topological polar surface area (TPSA) is 58.6 Å². The summed E-state index contributed by atoms with van der Waals surface area (Å²) < 4.78 is 43.0. The van der Waals surface area contributed by atoms with E-state index < -0.39 is 11.7 Å². The van der Waals surface area contributed by atoms with E-state index in [9.17, 15) is 22.8 Å². The van der Waals surface area contributed by atoms with Crippen LogP contribution in [0.15, 0.2) is 48.5 Å². The van der Waals surface area contributed by atoms with E-state index in [1.807, 2.05) is 0 Å². The molecule has 2 aromatic carbocycles. The Hall–Kier alpha value is -3.03. The zero-order chi connectivity index (χ0) is 20.0. The fourth-order valence-electron chi connectivity index (χ4n) is 2.42. The summed E-state index contributed by atoms with van der Waals surface area (Å²) in [6.45, 7) is 1.58. The van der Waals surface area contributed by atoms with Crippen LogP contribution in [0.2, 0.25) is 0 Å². The summed E-state index contributed by atoms with van der Waals surface area (Å²) in [5.41, 5.74) is -0.0311. The predicted octanol–water partition coefficient (Wildman–Crippen LogP) is 3.50. The number of halogens is 3. The smallest absolute Gasteiger partial charge is 0.416 e. The Labute approximate surface area is 154 Å². The Kier molecular flexibility index (Phi) is 6.44. The summed E-state index contributed by atoms with van der Waals surface area (Å²) in [4.78, 5) is 25.2. The number of hydrogen-bond acceptors (Lipinski definition) is 3. The van der Waals surface area contributed by atoms with Crippen molar-refractivity contribution in [3.05, 3.63) is 59.7 Å². The standard InChI is InChI=1S/C19H19F3N2O3/c1-13(25)24(16-7-5-15(6-8-16)19(20,21)22)12-11-23-18(26)14-3-9-17(27-2)10-4-14/h3-10H,11-12H2,1-2H3,(H,23,26). The Morgan fingerprint density at radius 3 is 2.11 bits per heavy atom. The third-order valence-electron chi connectivity index (χ3n) is 3.86. The second kappa shape index (κ2) is 8.57. The average Bonchev–Trinajstić information content (AvgIpc) is 2.64.